The molecule has 1 saturated carbocycles. The van der Waals surface area contributed by atoms with Crippen molar-refractivity contribution in [3.05, 3.63) is 64.7 Å². The van der Waals surface area contributed by atoms with Crippen LogP contribution < -0.4 is 10.5 Å². The zero-order valence-corrected chi connectivity index (χ0v) is 19.6. The van der Waals surface area contributed by atoms with Gasteiger partial charge in [-0.3, -0.25) is 4.57 Å². The quantitative estimate of drug-likeness (QED) is 0.311. The van der Waals surface area contributed by atoms with E-state index in [0.29, 0.717) is 17.9 Å². The van der Waals surface area contributed by atoms with Gasteiger partial charge in [0.05, 0.1) is 30.9 Å². The molecular weight excluding hydrogens is 454 g/mol. The summed E-state index contributed by atoms with van der Waals surface area (Å²) in [5.74, 6) is 0.498. The van der Waals surface area contributed by atoms with E-state index in [1.165, 1.54) is 24.5 Å². The highest BCUT2D eigenvalue weighted by Gasteiger charge is 2.35. The number of hydrogen-bond acceptors (Lipinski definition) is 5. The zero-order valence-electron chi connectivity index (χ0n) is 18.4. The third kappa shape index (κ3) is 7.85. The minimum Gasteiger partial charge on any atom is -0.493 e. The monoisotopic (exact) mass is 485 g/mol. The number of alkyl halides is 3. The van der Waals surface area contributed by atoms with E-state index < -0.39 is 32.6 Å². The molecular formula is C24H31F3NO4P. The highest BCUT2D eigenvalue weighted by molar-refractivity contribution is 7.17. The first-order chi connectivity index (χ1) is 15.7. The van der Waals surface area contributed by atoms with Crippen molar-refractivity contribution in [1.29, 1.82) is 0 Å². The summed E-state index contributed by atoms with van der Waals surface area (Å²) < 4.78 is 61.8. The van der Waals surface area contributed by atoms with Crippen molar-refractivity contribution in [2.45, 2.75) is 56.2 Å². The van der Waals surface area contributed by atoms with Crippen LogP contribution in [0.1, 0.15) is 53.9 Å². The average Bonchev–Trinajstić information content (AvgIpc) is 3.65. The van der Waals surface area contributed by atoms with Crippen molar-refractivity contribution >= 4 is 8.69 Å². The molecule has 0 spiro atoms. The third-order valence-corrected chi connectivity index (χ3v) is 6.21. The Morgan fingerprint density at radius 2 is 1.76 bits per heavy atom. The molecule has 2 atom stereocenters. The van der Waals surface area contributed by atoms with Crippen molar-refractivity contribution in [1.82, 2.24) is 0 Å². The fourth-order valence-electron chi connectivity index (χ4n) is 3.70. The molecule has 1 aliphatic rings. The molecule has 9 heteroatoms. The summed E-state index contributed by atoms with van der Waals surface area (Å²) in [7, 11) is -1.47. The van der Waals surface area contributed by atoms with E-state index in [2.05, 4.69) is 24.3 Å². The van der Waals surface area contributed by atoms with Gasteiger partial charge in [-0.2, -0.15) is 13.2 Å². The average molecular weight is 485 g/mol. The van der Waals surface area contributed by atoms with Crippen molar-refractivity contribution in [2.24, 2.45) is 5.73 Å². The Labute approximate surface area is 193 Å². The number of benzene rings is 2. The summed E-state index contributed by atoms with van der Waals surface area (Å²) in [6.45, 7) is -0.375. The largest absolute Gasteiger partial charge is 0.493 e. The van der Waals surface area contributed by atoms with Crippen LogP contribution in [-0.4, -0.2) is 30.5 Å². The fourth-order valence-corrected chi connectivity index (χ4v) is 4.10. The van der Waals surface area contributed by atoms with E-state index in [0.717, 1.165) is 18.1 Å². The summed E-state index contributed by atoms with van der Waals surface area (Å²) >= 11 is 0. The van der Waals surface area contributed by atoms with Crippen LogP contribution in [0.2, 0.25) is 0 Å². The first kappa shape index (κ1) is 25.8. The van der Waals surface area contributed by atoms with Crippen LogP contribution in [-0.2, 0) is 28.1 Å². The standard InChI is InChI=1S/C24H31F3NO4P/c25-24(26,27)21-14-18(11-12-23(28,15-29)16-32-33-30)5-10-22(21)31-13-1-2-17-3-6-19(7-4-17)20-8-9-20/h3-7,10,14,20,29H,1-2,8-9,11-13,15-16,28,33H2. The highest BCUT2D eigenvalue weighted by atomic mass is 31.1. The van der Waals surface area contributed by atoms with Gasteiger partial charge in [0.25, 0.3) is 0 Å². The second-order valence-electron chi connectivity index (χ2n) is 8.72. The number of nitrogens with two attached hydrogens (primary N) is 1. The van der Waals surface area contributed by atoms with Crippen LogP contribution in [0.15, 0.2) is 42.5 Å². The summed E-state index contributed by atoms with van der Waals surface area (Å²) in [6, 6.07) is 12.4. The van der Waals surface area contributed by atoms with Gasteiger partial charge in [-0.1, -0.05) is 30.3 Å². The molecule has 0 bridgehead atoms. The molecule has 2 aromatic carbocycles. The van der Waals surface area contributed by atoms with Gasteiger partial charge in [0.1, 0.15) is 5.75 Å². The van der Waals surface area contributed by atoms with Crippen LogP contribution in [0.3, 0.4) is 0 Å². The molecule has 182 valence electrons. The number of aliphatic hydroxyl groups is 1. The van der Waals surface area contributed by atoms with Gasteiger partial charge >= 0.3 is 6.18 Å². The molecule has 2 unspecified atom stereocenters. The molecule has 0 aromatic heterocycles. The minimum absolute atomic E-state index is 0.126. The van der Waals surface area contributed by atoms with Gasteiger partial charge in [0.15, 0.2) is 8.69 Å². The molecule has 2 aromatic rings. The molecule has 0 radical (unpaired) electrons. The lowest BCUT2D eigenvalue weighted by Crippen LogP contribution is -2.47. The maximum Gasteiger partial charge on any atom is 0.419 e. The van der Waals surface area contributed by atoms with E-state index in [1.54, 1.807) is 6.07 Å². The molecule has 0 aliphatic heterocycles. The van der Waals surface area contributed by atoms with Crippen LogP contribution in [0.25, 0.3) is 0 Å². The van der Waals surface area contributed by atoms with Crippen molar-refractivity contribution in [3.63, 3.8) is 0 Å². The van der Waals surface area contributed by atoms with Crippen LogP contribution in [0.4, 0.5) is 13.2 Å². The molecule has 0 saturated heterocycles. The molecule has 1 aliphatic carbocycles. The van der Waals surface area contributed by atoms with Gasteiger partial charge in [-0.05, 0) is 73.3 Å². The Kier molecular flexibility index (Phi) is 8.99. The van der Waals surface area contributed by atoms with Gasteiger partial charge in [0, 0.05) is 0 Å². The maximum atomic E-state index is 13.6. The first-order valence-electron chi connectivity index (χ1n) is 11.1. The molecule has 33 heavy (non-hydrogen) atoms. The first-order valence-corrected chi connectivity index (χ1v) is 12.0. The maximum absolute atomic E-state index is 13.6. The van der Waals surface area contributed by atoms with E-state index in [1.807, 2.05) is 0 Å². The number of rotatable bonds is 13. The topological polar surface area (TPSA) is 81.8 Å². The molecule has 3 rings (SSSR count). The Morgan fingerprint density at radius 3 is 2.36 bits per heavy atom. The van der Waals surface area contributed by atoms with Gasteiger partial charge in [0.2, 0.25) is 0 Å². The SMILES string of the molecule is NC(CO)(CCc1ccc(OCCCc2ccc(C3CC3)cc2)c(C(F)(F)F)c1)CO[PH2]=O. The summed E-state index contributed by atoms with van der Waals surface area (Å²) in [4.78, 5) is 0. The van der Waals surface area contributed by atoms with Gasteiger partial charge in [-0.25, -0.2) is 0 Å². The van der Waals surface area contributed by atoms with Gasteiger partial charge < -0.3 is 20.1 Å². The van der Waals surface area contributed by atoms with Crippen LogP contribution >= 0.6 is 8.69 Å². The molecule has 1 fully saturated rings. The third-order valence-electron chi connectivity index (χ3n) is 5.91. The summed E-state index contributed by atoms with van der Waals surface area (Å²) in [5, 5.41) is 9.46. The van der Waals surface area contributed by atoms with E-state index >= 15 is 0 Å². The second kappa shape index (κ2) is 11.5. The van der Waals surface area contributed by atoms with Crippen molar-refractivity contribution in [3.8, 4) is 5.75 Å². The van der Waals surface area contributed by atoms with Crippen molar-refractivity contribution in [2.75, 3.05) is 19.8 Å². The Balaban J connectivity index is 1.56. The Morgan fingerprint density at radius 1 is 1.06 bits per heavy atom. The lowest BCUT2D eigenvalue weighted by Gasteiger charge is -2.26. The number of aliphatic hydroxyl groups excluding tert-OH is 1. The number of halogens is 3. The molecule has 0 amide bonds. The number of hydrogen-bond donors (Lipinski definition) is 2. The normalized spacial score (nSPS) is 16.3. The van der Waals surface area contributed by atoms with Crippen molar-refractivity contribution < 1.29 is 32.1 Å². The van der Waals surface area contributed by atoms with Crippen LogP contribution in [0.5, 0.6) is 5.75 Å². The Bertz CT molecular complexity index is 919. The number of aryl methyl sites for hydroxylation is 2. The predicted molar refractivity (Wildman–Crippen MR) is 122 cm³/mol. The fraction of sp³-hybridized carbons (Fsp3) is 0.500. The summed E-state index contributed by atoms with van der Waals surface area (Å²) in [5.41, 5.74) is 6.92. The lowest BCUT2D eigenvalue weighted by molar-refractivity contribution is -0.139. The molecule has 3 N–H and O–H groups in total. The Hall–Kier alpha value is -1.86. The van der Waals surface area contributed by atoms with Crippen LogP contribution in [0, 0.1) is 0 Å². The lowest BCUT2D eigenvalue weighted by atomic mass is 9.93. The highest BCUT2D eigenvalue weighted by Crippen LogP contribution is 2.40. The number of ether oxygens (including phenoxy) is 1. The van der Waals surface area contributed by atoms with E-state index in [4.69, 9.17) is 15.0 Å². The minimum atomic E-state index is -4.56. The second-order valence-corrected chi connectivity index (χ2v) is 9.25. The summed E-state index contributed by atoms with van der Waals surface area (Å²) in [6.07, 6.45) is -0.338. The predicted octanol–water partition coefficient (Wildman–Crippen LogP) is 4.90. The van der Waals surface area contributed by atoms with Gasteiger partial charge in [-0.15, -0.1) is 0 Å². The zero-order chi connectivity index (χ0) is 23.9. The smallest absolute Gasteiger partial charge is 0.419 e. The van der Waals surface area contributed by atoms with E-state index in [-0.39, 0.29) is 31.8 Å². The molecule has 5 nitrogen and oxygen atoms in total. The van der Waals surface area contributed by atoms with E-state index in [9.17, 15) is 22.8 Å². The molecule has 0 heterocycles.